The van der Waals surface area contributed by atoms with E-state index in [0.717, 1.165) is 6.07 Å². The van der Waals surface area contributed by atoms with E-state index in [0.29, 0.717) is 17.0 Å². The van der Waals surface area contributed by atoms with Crippen molar-refractivity contribution in [2.75, 3.05) is 4.72 Å². The van der Waals surface area contributed by atoms with Crippen LogP contribution in [0.1, 0.15) is 17.0 Å². The molecule has 0 saturated heterocycles. The van der Waals surface area contributed by atoms with Gasteiger partial charge < -0.3 is 0 Å². The van der Waals surface area contributed by atoms with Crippen LogP contribution in [0.2, 0.25) is 0 Å². The Morgan fingerprint density at radius 3 is 2.42 bits per heavy atom. The summed E-state index contributed by atoms with van der Waals surface area (Å²) in [6.45, 7) is 4.90. The van der Waals surface area contributed by atoms with E-state index in [4.69, 9.17) is 0 Å². The van der Waals surface area contributed by atoms with Gasteiger partial charge in [0.05, 0.1) is 17.1 Å². The Morgan fingerprint density at radius 1 is 1.21 bits per heavy atom. The fourth-order valence-electron chi connectivity index (χ4n) is 1.94. The zero-order valence-corrected chi connectivity index (χ0v) is 11.6. The number of anilines is 1. The van der Waals surface area contributed by atoms with E-state index in [9.17, 15) is 12.8 Å². The molecule has 0 fully saturated rings. The van der Waals surface area contributed by atoms with Gasteiger partial charge in [-0.2, -0.15) is 5.10 Å². The number of aromatic amines is 1. The number of halogens is 1. The van der Waals surface area contributed by atoms with Crippen LogP contribution in [0.15, 0.2) is 23.1 Å². The van der Waals surface area contributed by atoms with E-state index in [2.05, 4.69) is 14.9 Å². The molecular weight excluding hydrogens is 269 g/mol. The van der Waals surface area contributed by atoms with Gasteiger partial charge in [-0.1, -0.05) is 0 Å². The van der Waals surface area contributed by atoms with Crippen molar-refractivity contribution >= 4 is 15.7 Å². The average molecular weight is 283 g/mol. The van der Waals surface area contributed by atoms with Crippen molar-refractivity contribution in [3.63, 3.8) is 0 Å². The second kappa shape index (κ2) is 4.65. The Labute approximate surface area is 110 Å². The molecule has 102 valence electrons. The molecular formula is C12H14FN3O2S. The normalized spacial score (nSPS) is 11.6. The van der Waals surface area contributed by atoms with Crippen LogP contribution < -0.4 is 4.72 Å². The van der Waals surface area contributed by atoms with Crippen LogP contribution in [0, 0.1) is 26.6 Å². The molecule has 0 unspecified atom stereocenters. The molecule has 19 heavy (non-hydrogen) atoms. The first-order valence-electron chi connectivity index (χ1n) is 5.61. The van der Waals surface area contributed by atoms with Crippen molar-refractivity contribution in [1.82, 2.24) is 10.2 Å². The van der Waals surface area contributed by atoms with Gasteiger partial charge in [-0.15, -0.1) is 0 Å². The standard InChI is InChI=1S/C12H14FN3O2S/c1-7-4-10(13)6-11(5-7)16-19(17,18)12-8(2)14-15-9(12)3/h4-6,16H,1-3H3,(H,14,15). The predicted molar refractivity (Wildman–Crippen MR) is 70.0 cm³/mol. The van der Waals surface area contributed by atoms with E-state index < -0.39 is 15.8 Å². The van der Waals surface area contributed by atoms with E-state index in [1.807, 2.05) is 0 Å². The number of aryl methyl sites for hydroxylation is 3. The van der Waals surface area contributed by atoms with Crippen LogP contribution in [0.25, 0.3) is 0 Å². The van der Waals surface area contributed by atoms with Gasteiger partial charge in [0, 0.05) is 0 Å². The van der Waals surface area contributed by atoms with Gasteiger partial charge in [-0.3, -0.25) is 9.82 Å². The molecule has 0 aliphatic heterocycles. The molecule has 0 bridgehead atoms. The number of hydrogen-bond donors (Lipinski definition) is 2. The SMILES string of the molecule is Cc1cc(F)cc(NS(=O)(=O)c2c(C)n[nH]c2C)c1. The summed E-state index contributed by atoms with van der Waals surface area (Å²) >= 11 is 0. The molecule has 0 radical (unpaired) electrons. The average Bonchev–Trinajstić information content (AvgIpc) is 2.56. The van der Waals surface area contributed by atoms with Crippen LogP contribution in [-0.2, 0) is 10.0 Å². The number of nitrogens with zero attached hydrogens (tertiary/aromatic N) is 1. The second-order valence-electron chi connectivity index (χ2n) is 4.39. The molecule has 0 amide bonds. The van der Waals surface area contributed by atoms with Crippen LogP contribution in [-0.4, -0.2) is 18.6 Å². The highest BCUT2D eigenvalue weighted by Gasteiger charge is 2.22. The minimum atomic E-state index is -3.78. The third-order valence-corrected chi connectivity index (χ3v) is 4.27. The molecule has 0 aliphatic carbocycles. The predicted octanol–water partition coefficient (Wildman–Crippen LogP) is 2.27. The lowest BCUT2D eigenvalue weighted by Gasteiger charge is -2.09. The lowest BCUT2D eigenvalue weighted by atomic mass is 10.2. The minimum Gasteiger partial charge on any atom is -0.281 e. The third-order valence-electron chi connectivity index (χ3n) is 2.62. The summed E-state index contributed by atoms with van der Waals surface area (Å²) in [7, 11) is -3.78. The number of rotatable bonds is 3. The van der Waals surface area contributed by atoms with Gasteiger partial charge in [0.1, 0.15) is 10.7 Å². The van der Waals surface area contributed by atoms with Crippen molar-refractivity contribution in [2.24, 2.45) is 0 Å². The molecule has 0 aliphatic rings. The highest BCUT2D eigenvalue weighted by Crippen LogP contribution is 2.22. The highest BCUT2D eigenvalue weighted by atomic mass is 32.2. The molecule has 0 atom stereocenters. The first kappa shape index (κ1) is 13.5. The van der Waals surface area contributed by atoms with Gasteiger partial charge in [-0.05, 0) is 44.5 Å². The van der Waals surface area contributed by atoms with E-state index in [1.54, 1.807) is 26.8 Å². The molecule has 1 aromatic heterocycles. The fourth-order valence-corrected chi connectivity index (χ4v) is 3.35. The van der Waals surface area contributed by atoms with Crippen LogP contribution in [0.4, 0.5) is 10.1 Å². The maximum atomic E-state index is 13.3. The first-order valence-corrected chi connectivity index (χ1v) is 7.09. The Hall–Kier alpha value is -1.89. The zero-order valence-electron chi connectivity index (χ0n) is 10.8. The Bertz CT molecular complexity index is 683. The maximum absolute atomic E-state index is 13.3. The van der Waals surface area contributed by atoms with Crippen LogP contribution in [0.5, 0.6) is 0 Å². The third kappa shape index (κ3) is 2.76. The van der Waals surface area contributed by atoms with Crippen molar-refractivity contribution < 1.29 is 12.8 Å². The lowest BCUT2D eigenvalue weighted by molar-refractivity contribution is 0.600. The van der Waals surface area contributed by atoms with E-state index in [-0.39, 0.29) is 10.6 Å². The summed E-state index contributed by atoms with van der Waals surface area (Å²) in [5, 5.41) is 6.45. The molecule has 0 saturated carbocycles. The summed E-state index contributed by atoms with van der Waals surface area (Å²) in [6, 6.07) is 4.02. The maximum Gasteiger partial charge on any atom is 0.265 e. The number of nitrogens with one attached hydrogen (secondary N) is 2. The number of hydrogen-bond acceptors (Lipinski definition) is 3. The fraction of sp³-hybridized carbons (Fsp3) is 0.250. The van der Waals surface area contributed by atoms with Crippen molar-refractivity contribution in [1.29, 1.82) is 0 Å². The van der Waals surface area contributed by atoms with Gasteiger partial charge in [0.25, 0.3) is 10.0 Å². The number of H-pyrrole nitrogens is 1. The Morgan fingerprint density at radius 2 is 1.89 bits per heavy atom. The molecule has 1 aromatic carbocycles. The van der Waals surface area contributed by atoms with Gasteiger partial charge in [-0.25, -0.2) is 12.8 Å². The molecule has 7 heteroatoms. The molecule has 0 spiro atoms. The monoisotopic (exact) mass is 283 g/mol. The van der Waals surface area contributed by atoms with E-state index in [1.165, 1.54) is 6.07 Å². The smallest absolute Gasteiger partial charge is 0.265 e. The van der Waals surface area contributed by atoms with Crippen LogP contribution in [0.3, 0.4) is 0 Å². The Balaban J connectivity index is 2.42. The quantitative estimate of drug-likeness (QED) is 0.907. The zero-order chi connectivity index (χ0) is 14.2. The largest absolute Gasteiger partial charge is 0.281 e. The summed E-state index contributed by atoms with van der Waals surface area (Å²) in [6.07, 6.45) is 0. The first-order chi connectivity index (χ1) is 8.79. The van der Waals surface area contributed by atoms with Crippen molar-refractivity contribution in [2.45, 2.75) is 25.7 Å². The minimum absolute atomic E-state index is 0.0921. The molecule has 1 heterocycles. The van der Waals surface area contributed by atoms with Crippen LogP contribution >= 0.6 is 0 Å². The van der Waals surface area contributed by atoms with Gasteiger partial charge in [0.2, 0.25) is 0 Å². The van der Waals surface area contributed by atoms with E-state index >= 15 is 0 Å². The number of benzene rings is 1. The van der Waals surface area contributed by atoms with Gasteiger partial charge in [0.15, 0.2) is 0 Å². The van der Waals surface area contributed by atoms with Crippen molar-refractivity contribution in [3.05, 3.63) is 41.0 Å². The second-order valence-corrected chi connectivity index (χ2v) is 6.01. The Kier molecular flexibility index (Phi) is 3.32. The summed E-state index contributed by atoms with van der Waals surface area (Å²) < 4.78 is 40.1. The molecule has 2 rings (SSSR count). The molecule has 2 aromatic rings. The topological polar surface area (TPSA) is 74.8 Å². The molecule has 5 nitrogen and oxygen atoms in total. The summed E-state index contributed by atoms with van der Waals surface area (Å²) in [5.41, 5.74) is 1.65. The summed E-state index contributed by atoms with van der Waals surface area (Å²) in [5.74, 6) is -0.488. The summed E-state index contributed by atoms with van der Waals surface area (Å²) in [4.78, 5) is 0.0921. The number of aromatic nitrogens is 2. The lowest BCUT2D eigenvalue weighted by Crippen LogP contribution is -2.14. The van der Waals surface area contributed by atoms with Crippen molar-refractivity contribution in [3.8, 4) is 0 Å². The highest BCUT2D eigenvalue weighted by molar-refractivity contribution is 7.92. The van der Waals surface area contributed by atoms with Gasteiger partial charge >= 0.3 is 0 Å². The molecule has 2 N–H and O–H groups in total. The number of sulfonamides is 1.